The molecule has 1 fully saturated rings. The van der Waals surface area contributed by atoms with Crippen LogP contribution < -0.4 is 11.1 Å². The van der Waals surface area contributed by atoms with Crippen LogP contribution in [0.1, 0.15) is 32.1 Å². The molecule has 2 heterocycles. The molecule has 0 spiro atoms. The number of fused-ring (bicyclic) bond motifs is 2. The molecule has 4 aromatic rings. The summed E-state index contributed by atoms with van der Waals surface area (Å²) in [7, 11) is 0. The van der Waals surface area contributed by atoms with Crippen molar-refractivity contribution < 1.29 is 0 Å². The van der Waals surface area contributed by atoms with Crippen LogP contribution in [-0.4, -0.2) is 16.0 Å². The number of hydrogen-bond acceptors (Lipinski definition) is 5. The van der Waals surface area contributed by atoms with Crippen molar-refractivity contribution in [3.63, 3.8) is 0 Å². The van der Waals surface area contributed by atoms with Crippen molar-refractivity contribution >= 4 is 44.0 Å². The first kappa shape index (κ1) is 16.5. The molecule has 5 heteroatoms. The molecule has 136 valence electrons. The molecular formula is C22H22N4S. The van der Waals surface area contributed by atoms with Crippen LogP contribution in [0.3, 0.4) is 0 Å². The molecule has 27 heavy (non-hydrogen) atoms. The van der Waals surface area contributed by atoms with E-state index in [-0.39, 0.29) is 0 Å². The lowest BCUT2D eigenvalue weighted by Crippen LogP contribution is -2.22. The Balaban J connectivity index is 1.59. The van der Waals surface area contributed by atoms with Gasteiger partial charge in [0.1, 0.15) is 0 Å². The van der Waals surface area contributed by atoms with Gasteiger partial charge in [0.15, 0.2) is 0 Å². The van der Waals surface area contributed by atoms with E-state index < -0.39 is 0 Å². The van der Waals surface area contributed by atoms with E-state index >= 15 is 0 Å². The van der Waals surface area contributed by atoms with Crippen LogP contribution in [0.5, 0.6) is 0 Å². The number of aromatic nitrogens is 2. The molecule has 2 aromatic carbocycles. The van der Waals surface area contributed by atoms with Crippen molar-refractivity contribution in [2.45, 2.75) is 38.1 Å². The molecule has 0 atom stereocenters. The van der Waals surface area contributed by atoms with Crippen molar-refractivity contribution in [1.82, 2.24) is 9.97 Å². The third-order valence-electron chi connectivity index (χ3n) is 5.47. The lowest BCUT2D eigenvalue weighted by atomic mass is 9.94. The first-order valence-corrected chi connectivity index (χ1v) is 10.5. The van der Waals surface area contributed by atoms with E-state index in [1.165, 1.54) is 59.0 Å². The summed E-state index contributed by atoms with van der Waals surface area (Å²) in [5.74, 6) is 0.315. The number of nitrogen functional groups attached to an aromatic ring is 1. The quantitative estimate of drug-likeness (QED) is 0.473. The molecule has 5 rings (SSSR count). The van der Waals surface area contributed by atoms with Crippen molar-refractivity contribution in [1.29, 1.82) is 0 Å². The predicted molar refractivity (Wildman–Crippen MR) is 115 cm³/mol. The minimum absolute atomic E-state index is 0.315. The van der Waals surface area contributed by atoms with E-state index in [0.717, 1.165) is 10.9 Å². The maximum Gasteiger partial charge on any atom is 0.220 e. The number of benzene rings is 2. The van der Waals surface area contributed by atoms with Crippen LogP contribution in [0.15, 0.2) is 48.0 Å². The zero-order valence-electron chi connectivity index (χ0n) is 15.1. The highest BCUT2D eigenvalue weighted by Crippen LogP contribution is 2.40. The molecule has 2 aromatic heterocycles. The molecule has 1 aliphatic carbocycles. The second-order valence-corrected chi connectivity index (χ2v) is 8.22. The number of anilines is 2. The monoisotopic (exact) mass is 374 g/mol. The fourth-order valence-corrected chi connectivity index (χ4v) is 5.10. The van der Waals surface area contributed by atoms with E-state index in [1.807, 2.05) is 6.07 Å². The zero-order chi connectivity index (χ0) is 18.2. The summed E-state index contributed by atoms with van der Waals surface area (Å²) < 4.78 is 1.32. The number of nitrogens with one attached hydrogen (secondary N) is 1. The first-order chi connectivity index (χ1) is 13.3. The Morgan fingerprint density at radius 1 is 1.07 bits per heavy atom. The fourth-order valence-electron chi connectivity index (χ4n) is 4.10. The van der Waals surface area contributed by atoms with Gasteiger partial charge >= 0.3 is 0 Å². The predicted octanol–water partition coefficient (Wildman–Crippen LogP) is 5.84. The van der Waals surface area contributed by atoms with Crippen LogP contribution in [0, 0.1) is 0 Å². The smallest absolute Gasteiger partial charge is 0.220 e. The number of hydrogen-bond donors (Lipinski definition) is 2. The maximum atomic E-state index is 5.71. The van der Waals surface area contributed by atoms with Crippen LogP contribution in [-0.2, 0) is 0 Å². The molecule has 0 unspecified atom stereocenters. The largest absolute Gasteiger partial charge is 0.382 e. The molecular weight excluding hydrogens is 352 g/mol. The van der Waals surface area contributed by atoms with Crippen LogP contribution >= 0.6 is 11.3 Å². The summed E-state index contributed by atoms with van der Waals surface area (Å²) in [6.07, 6.45) is 8.37. The van der Waals surface area contributed by atoms with Crippen LogP contribution in [0.4, 0.5) is 11.6 Å². The second-order valence-electron chi connectivity index (χ2n) is 7.31. The molecule has 0 radical (unpaired) electrons. The summed E-state index contributed by atoms with van der Waals surface area (Å²) in [4.78, 5) is 8.46. The Labute approximate surface area is 162 Å². The normalized spacial score (nSPS) is 15.4. The van der Waals surface area contributed by atoms with Gasteiger partial charge < -0.3 is 11.1 Å². The zero-order valence-corrected chi connectivity index (χ0v) is 15.9. The minimum atomic E-state index is 0.315. The molecule has 0 saturated heterocycles. The Bertz CT molecular complexity index is 1110. The van der Waals surface area contributed by atoms with Gasteiger partial charge in [-0.1, -0.05) is 31.4 Å². The van der Waals surface area contributed by atoms with E-state index in [2.05, 4.69) is 51.0 Å². The van der Waals surface area contributed by atoms with Gasteiger partial charge in [-0.05, 0) is 48.1 Å². The highest BCUT2D eigenvalue weighted by molar-refractivity contribution is 7.17. The third kappa shape index (κ3) is 3.12. The lowest BCUT2D eigenvalue weighted by molar-refractivity contribution is 0.463. The average Bonchev–Trinajstić information content (AvgIpc) is 3.14. The van der Waals surface area contributed by atoms with Gasteiger partial charge in [0.05, 0.1) is 5.52 Å². The Hall–Kier alpha value is -2.66. The summed E-state index contributed by atoms with van der Waals surface area (Å²) in [6, 6.07) is 13.5. The van der Waals surface area contributed by atoms with Gasteiger partial charge in [0.2, 0.25) is 5.95 Å². The first-order valence-electron chi connectivity index (χ1n) is 9.57. The maximum absolute atomic E-state index is 5.71. The molecule has 0 amide bonds. The lowest BCUT2D eigenvalue weighted by Gasteiger charge is -2.24. The topological polar surface area (TPSA) is 63.8 Å². The summed E-state index contributed by atoms with van der Waals surface area (Å²) >= 11 is 1.80. The van der Waals surface area contributed by atoms with Crippen LogP contribution in [0.2, 0.25) is 0 Å². The Morgan fingerprint density at radius 2 is 1.96 bits per heavy atom. The minimum Gasteiger partial charge on any atom is -0.382 e. The standard InChI is InChI=1S/C22H22N4S/c23-22-24-12-15-11-14(9-10-18(15)26-22)17-13-27-20-8-4-7-19(21(17)20)25-16-5-2-1-3-6-16/h4,7-13,16,25H,1-3,5-6H2,(H2,23,24,26). The van der Waals surface area contributed by atoms with Gasteiger partial charge in [-0.3, -0.25) is 0 Å². The molecule has 0 aliphatic heterocycles. The number of rotatable bonds is 3. The Kier molecular flexibility index (Phi) is 4.17. The van der Waals surface area contributed by atoms with Crippen molar-refractivity contribution in [2.24, 2.45) is 0 Å². The van der Waals surface area contributed by atoms with E-state index in [4.69, 9.17) is 5.73 Å². The van der Waals surface area contributed by atoms with E-state index in [0.29, 0.717) is 12.0 Å². The van der Waals surface area contributed by atoms with Gasteiger partial charge in [-0.2, -0.15) is 0 Å². The summed E-state index contributed by atoms with van der Waals surface area (Å²) in [6.45, 7) is 0. The SMILES string of the molecule is Nc1ncc2cc(-c3csc4cccc(NC5CCCCC5)c34)ccc2n1. The molecule has 1 saturated carbocycles. The van der Waals surface area contributed by atoms with Crippen molar-refractivity contribution in [2.75, 3.05) is 11.1 Å². The summed E-state index contributed by atoms with van der Waals surface area (Å²) in [5, 5.41) is 8.43. The highest BCUT2D eigenvalue weighted by Gasteiger charge is 2.16. The highest BCUT2D eigenvalue weighted by atomic mass is 32.1. The van der Waals surface area contributed by atoms with E-state index in [1.54, 1.807) is 17.5 Å². The fraction of sp³-hybridized carbons (Fsp3) is 0.273. The Morgan fingerprint density at radius 3 is 2.85 bits per heavy atom. The average molecular weight is 375 g/mol. The molecule has 0 bridgehead atoms. The van der Waals surface area contributed by atoms with Gasteiger partial charge in [0, 0.05) is 39.0 Å². The third-order valence-corrected chi connectivity index (χ3v) is 6.42. The van der Waals surface area contributed by atoms with Gasteiger partial charge in [-0.25, -0.2) is 9.97 Å². The van der Waals surface area contributed by atoms with Crippen molar-refractivity contribution in [3.8, 4) is 11.1 Å². The molecule has 4 nitrogen and oxygen atoms in total. The van der Waals surface area contributed by atoms with Gasteiger partial charge in [0.25, 0.3) is 0 Å². The second kappa shape index (κ2) is 6.82. The number of thiophene rings is 1. The number of nitrogens with zero attached hydrogens (tertiary/aromatic N) is 2. The number of nitrogens with two attached hydrogens (primary N) is 1. The summed E-state index contributed by atoms with van der Waals surface area (Å²) in [5.41, 5.74) is 10.3. The van der Waals surface area contributed by atoms with Crippen LogP contribution in [0.25, 0.3) is 32.1 Å². The molecule has 1 aliphatic rings. The van der Waals surface area contributed by atoms with Crippen molar-refractivity contribution in [3.05, 3.63) is 48.0 Å². The molecule has 3 N–H and O–H groups in total. The van der Waals surface area contributed by atoms with Gasteiger partial charge in [-0.15, -0.1) is 11.3 Å². The van der Waals surface area contributed by atoms with E-state index in [9.17, 15) is 0 Å².